The average molecular weight is 290 g/mol. The van der Waals surface area contributed by atoms with Crippen molar-refractivity contribution < 1.29 is 23.0 Å². The fourth-order valence-corrected chi connectivity index (χ4v) is 1.48. The van der Waals surface area contributed by atoms with Crippen LogP contribution in [-0.4, -0.2) is 21.0 Å². The molecule has 0 bridgehead atoms. The number of hydrogen-bond acceptors (Lipinski definition) is 8. The highest BCUT2D eigenvalue weighted by Gasteiger charge is 2.19. The lowest BCUT2D eigenvalue weighted by Gasteiger charge is -1.95. The Morgan fingerprint density at radius 2 is 2.10 bits per heavy atom. The molecular weight excluding hydrogens is 284 g/mol. The largest absolute Gasteiger partial charge is 0.459 e. The SMILES string of the molecule is O=C(Nc1nnc(-c2ccco2)o1)c1ccc([N+](=O)[O-])o1. The molecule has 0 saturated heterocycles. The quantitative estimate of drug-likeness (QED) is 0.569. The third-order valence-corrected chi connectivity index (χ3v) is 2.37. The molecule has 1 amide bonds. The van der Waals surface area contributed by atoms with Gasteiger partial charge in [-0.3, -0.25) is 20.2 Å². The van der Waals surface area contributed by atoms with Crippen LogP contribution in [0.3, 0.4) is 0 Å². The van der Waals surface area contributed by atoms with Crippen molar-refractivity contribution in [3.63, 3.8) is 0 Å². The lowest BCUT2D eigenvalue weighted by molar-refractivity contribution is -0.402. The van der Waals surface area contributed by atoms with Gasteiger partial charge in [-0.05, 0) is 18.2 Å². The molecule has 21 heavy (non-hydrogen) atoms. The van der Waals surface area contributed by atoms with E-state index in [2.05, 4.69) is 15.5 Å². The molecule has 3 rings (SSSR count). The predicted octanol–water partition coefficient (Wildman–Crippen LogP) is 2.08. The highest BCUT2D eigenvalue weighted by atomic mass is 16.6. The van der Waals surface area contributed by atoms with Crippen molar-refractivity contribution >= 4 is 17.8 Å². The second kappa shape index (κ2) is 4.92. The number of amides is 1. The fourth-order valence-electron chi connectivity index (χ4n) is 1.48. The highest BCUT2D eigenvalue weighted by Crippen LogP contribution is 2.21. The highest BCUT2D eigenvalue weighted by molar-refractivity contribution is 6.01. The molecule has 3 aromatic heterocycles. The molecule has 0 radical (unpaired) electrons. The Hall–Kier alpha value is -3.43. The number of carbonyl (C=O) groups excluding carboxylic acids is 1. The van der Waals surface area contributed by atoms with Crippen LogP contribution >= 0.6 is 0 Å². The maximum absolute atomic E-state index is 11.8. The Kier molecular flexibility index (Phi) is 2.95. The van der Waals surface area contributed by atoms with Crippen LogP contribution in [-0.2, 0) is 0 Å². The molecule has 10 nitrogen and oxygen atoms in total. The van der Waals surface area contributed by atoms with E-state index in [-0.39, 0.29) is 17.7 Å². The number of nitro groups is 1. The molecule has 0 aromatic carbocycles. The van der Waals surface area contributed by atoms with Gasteiger partial charge in [-0.2, -0.15) is 0 Å². The van der Waals surface area contributed by atoms with E-state index in [1.807, 2.05) is 0 Å². The van der Waals surface area contributed by atoms with Crippen molar-refractivity contribution in [3.05, 3.63) is 46.4 Å². The number of furan rings is 2. The van der Waals surface area contributed by atoms with E-state index in [0.29, 0.717) is 5.76 Å². The molecule has 0 fully saturated rings. The second-order valence-corrected chi connectivity index (χ2v) is 3.74. The minimum Gasteiger partial charge on any atom is -0.459 e. The second-order valence-electron chi connectivity index (χ2n) is 3.74. The van der Waals surface area contributed by atoms with E-state index < -0.39 is 16.7 Å². The standard InChI is InChI=1S/C11H6N4O6/c16-9(6-3-4-8(20-6)15(17)18)12-11-14-13-10(21-11)7-2-1-5-19-7/h1-5H,(H,12,14,16). The maximum atomic E-state index is 11.8. The number of nitrogens with zero attached hydrogens (tertiary/aromatic N) is 3. The summed E-state index contributed by atoms with van der Waals surface area (Å²) in [5.41, 5.74) is 0. The van der Waals surface area contributed by atoms with Gasteiger partial charge in [0.15, 0.2) is 11.5 Å². The smallest absolute Gasteiger partial charge is 0.433 e. The molecule has 106 valence electrons. The van der Waals surface area contributed by atoms with Gasteiger partial charge in [0.1, 0.15) is 4.92 Å². The van der Waals surface area contributed by atoms with Crippen LogP contribution in [0.1, 0.15) is 10.6 Å². The average Bonchev–Trinajstić information content (AvgIpc) is 3.19. The van der Waals surface area contributed by atoms with Gasteiger partial charge in [0, 0.05) is 0 Å². The van der Waals surface area contributed by atoms with Crippen molar-refractivity contribution in [2.45, 2.75) is 0 Å². The first-order valence-electron chi connectivity index (χ1n) is 5.56. The molecule has 0 spiro atoms. The van der Waals surface area contributed by atoms with Gasteiger partial charge in [-0.15, -0.1) is 5.10 Å². The summed E-state index contributed by atoms with van der Waals surface area (Å²) in [5, 5.41) is 20.0. The van der Waals surface area contributed by atoms with Crippen molar-refractivity contribution in [2.24, 2.45) is 0 Å². The minimum atomic E-state index is -0.752. The summed E-state index contributed by atoms with van der Waals surface area (Å²) in [4.78, 5) is 21.5. The van der Waals surface area contributed by atoms with Gasteiger partial charge in [0.2, 0.25) is 0 Å². The third kappa shape index (κ3) is 2.49. The van der Waals surface area contributed by atoms with E-state index in [4.69, 9.17) is 13.3 Å². The van der Waals surface area contributed by atoms with Gasteiger partial charge < -0.3 is 13.3 Å². The van der Waals surface area contributed by atoms with E-state index in [1.54, 1.807) is 12.1 Å². The van der Waals surface area contributed by atoms with E-state index in [1.165, 1.54) is 6.26 Å². The molecule has 0 atom stereocenters. The Bertz CT molecular complexity index is 787. The summed E-state index contributed by atoms with van der Waals surface area (Å²) in [5.74, 6) is -1.11. The molecule has 0 aliphatic heterocycles. The third-order valence-electron chi connectivity index (χ3n) is 2.37. The van der Waals surface area contributed by atoms with Gasteiger partial charge in [-0.1, -0.05) is 5.10 Å². The lowest BCUT2D eigenvalue weighted by atomic mass is 10.4. The van der Waals surface area contributed by atoms with E-state index in [0.717, 1.165) is 12.1 Å². The van der Waals surface area contributed by atoms with Crippen molar-refractivity contribution in [3.8, 4) is 11.7 Å². The van der Waals surface area contributed by atoms with Gasteiger partial charge in [-0.25, -0.2) is 0 Å². The first-order valence-corrected chi connectivity index (χ1v) is 5.56. The zero-order chi connectivity index (χ0) is 14.8. The molecule has 1 N–H and O–H groups in total. The lowest BCUT2D eigenvalue weighted by Crippen LogP contribution is -2.11. The number of carbonyl (C=O) groups is 1. The van der Waals surface area contributed by atoms with Crippen molar-refractivity contribution in [1.29, 1.82) is 0 Å². The number of rotatable bonds is 4. The summed E-state index contributed by atoms with van der Waals surface area (Å²) >= 11 is 0. The number of nitrogens with one attached hydrogen (secondary N) is 1. The first kappa shape index (κ1) is 12.6. The normalized spacial score (nSPS) is 10.5. The summed E-state index contributed by atoms with van der Waals surface area (Å²) in [6, 6.07) is 5.29. The monoisotopic (exact) mass is 290 g/mol. The Labute approximate surface area is 115 Å². The van der Waals surface area contributed by atoms with Crippen LogP contribution in [0.2, 0.25) is 0 Å². The zero-order valence-electron chi connectivity index (χ0n) is 10.2. The fraction of sp³-hybridized carbons (Fsp3) is 0. The summed E-state index contributed by atoms with van der Waals surface area (Å²) in [7, 11) is 0. The molecule has 0 saturated carbocycles. The van der Waals surface area contributed by atoms with Crippen LogP contribution < -0.4 is 5.32 Å². The Balaban J connectivity index is 1.74. The minimum absolute atomic E-state index is 0.0840. The molecule has 3 heterocycles. The summed E-state index contributed by atoms with van der Waals surface area (Å²) < 4.78 is 14.9. The summed E-state index contributed by atoms with van der Waals surface area (Å²) in [6.07, 6.45) is 1.43. The van der Waals surface area contributed by atoms with Gasteiger partial charge in [0.05, 0.1) is 12.3 Å². The van der Waals surface area contributed by atoms with Crippen LogP contribution in [0.15, 0.2) is 43.8 Å². The van der Waals surface area contributed by atoms with Crippen LogP contribution in [0.5, 0.6) is 0 Å². The van der Waals surface area contributed by atoms with Crippen molar-refractivity contribution in [2.75, 3.05) is 5.32 Å². The first-order chi connectivity index (χ1) is 10.1. The molecule has 0 unspecified atom stereocenters. The van der Waals surface area contributed by atoms with Crippen LogP contribution in [0.4, 0.5) is 11.9 Å². The molecule has 3 aromatic rings. The van der Waals surface area contributed by atoms with Crippen molar-refractivity contribution in [1.82, 2.24) is 10.2 Å². The predicted molar refractivity (Wildman–Crippen MR) is 65.3 cm³/mol. The molecular formula is C11H6N4O6. The molecule has 0 aliphatic carbocycles. The molecule has 0 aliphatic rings. The number of aromatic nitrogens is 2. The zero-order valence-corrected chi connectivity index (χ0v) is 10.2. The topological polar surface area (TPSA) is 137 Å². The van der Waals surface area contributed by atoms with Crippen LogP contribution in [0, 0.1) is 10.1 Å². The maximum Gasteiger partial charge on any atom is 0.433 e. The Morgan fingerprint density at radius 3 is 2.76 bits per heavy atom. The number of hydrogen-bond donors (Lipinski definition) is 1. The number of anilines is 1. The van der Waals surface area contributed by atoms with Crippen LogP contribution in [0.25, 0.3) is 11.7 Å². The Morgan fingerprint density at radius 1 is 1.24 bits per heavy atom. The summed E-state index contributed by atoms with van der Waals surface area (Å²) in [6.45, 7) is 0. The molecule has 10 heteroatoms. The van der Waals surface area contributed by atoms with Gasteiger partial charge >= 0.3 is 11.9 Å². The van der Waals surface area contributed by atoms with E-state index >= 15 is 0 Å². The van der Waals surface area contributed by atoms with E-state index in [9.17, 15) is 14.9 Å². The van der Waals surface area contributed by atoms with Gasteiger partial charge in [0.25, 0.3) is 11.8 Å².